The fraction of sp³-hybridized carbons (Fsp3) is 0.500. The Morgan fingerprint density at radius 3 is 2.84 bits per heavy atom. The topological polar surface area (TPSA) is 28.3 Å². The van der Waals surface area contributed by atoms with Crippen LogP contribution in [0.3, 0.4) is 0 Å². The lowest BCUT2D eigenvalue weighted by Crippen LogP contribution is -2.25. The molecule has 1 heterocycles. The summed E-state index contributed by atoms with van der Waals surface area (Å²) in [6, 6.07) is 6.09. The van der Waals surface area contributed by atoms with E-state index in [1.165, 1.54) is 0 Å². The molecule has 0 radical (unpaired) electrons. The van der Waals surface area contributed by atoms with Crippen LogP contribution in [0.4, 0.5) is 0 Å². The van der Waals surface area contributed by atoms with Gasteiger partial charge in [-0.2, -0.15) is 0 Å². The molecule has 0 saturated carbocycles. The minimum absolute atomic E-state index is 0.762. The molecule has 19 heavy (non-hydrogen) atoms. The van der Waals surface area contributed by atoms with Crippen molar-refractivity contribution in [3.05, 3.63) is 22.2 Å². The highest BCUT2D eigenvalue weighted by Crippen LogP contribution is 2.24. The molecule has 1 aromatic heterocycles. The van der Waals surface area contributed by atoms with Crippen molar-refractivity contribution < 1.29 is 4.74 Å². The number of aromatic amines is 1. The maximum Gasteiger partial charge on any atom is 0.159 e. The van der Waals surface area contributed by atoms with Crippen molar-refractivity contribution in [2.75, 3.05) is 26.2 Å². The first-order chi connectivity index (χ1) is 9.22. The van der Waals surface area contributed by atoms with Crippen LogP contribution in [0.1, 0.15) is 20.3 Å². The van der Waals surface area contributed by atoms with Crippen molar-refractivity contribution in [1.29, 1.82) is 0 Å². The molecule has 0 unspecified atom stereocenters. The number of H-pyrrole nitrogens is 1. The molecule has 0 saturated heterocycles. The number of nitrogens with one attached hydrogen (secondary N) is 1. The molecule has 0 aliphatic rings. The summed E-state index contributed by atoms with van der Waals surface area (Å²) in [5.41, 5.74) is 1.09. The zero-order valence-electron chi connectivity index (χ0n) is 11.4. The van der Waals surface area contributed by atoms with E-state index in [0.29, 0.717) is 0 Å². The molecule has 0 bridgehead atoms. The summed E-state index contributed by atoms with van der Waals surface area (Å²) < 4.78 is 7.77. The van der Waals surface area contributed by atoms with Gasteiger partial charge in [-0.05, 0) is 49.9 Å². The summed E-state index contributed by atoms with van der Waals surface area (Å²) in [5, 5.41) is 0. The number of ether oxygens (including phenoxy) is 1. The quantitative estimate of drug-likeness (QED) is 0.616. The van der Waals surface area contributed by atoms with Gasteiger partial charge in [-0.15, -0.1) is 11.3 Å². The van der Waals surface area contributed by atoms with Gasteiger partial charge in [0, 0.05) is 6.54 Å². The number of nitrogens with zero attached hydrogens (tertiary/aromatic N) is 1. The van der Waals surface area contributed by atoms with Crippen LogP contribution in [-0.2, 0) is 0 Å². The van der Waals surface area contributed by atoms with Crippen molar-refractivity contribution in [1.82, 2.24) is 9.88 Å². The number of aromatic nitrogens is 1. The summed E-state index contributed by atoms with van der Waals surface area (Å²) in [4.78, 5) is 5.56. The highest BCUT2D eigenvalue weighted by Gasteiger charge is 2.01. The van der Waals surface area contributed by atoms with E-state index in [1.807, 2.05) is 12.1 Å². The zero-order chi connectivity index (χ0) is 13.7. The van der Waals surface area contributed by atoms with Crippen molar-refractivity contribution in [2.45, 2.75) is 20.3 Å². The molecular formula is C14H20N2OS2. The van der Waals surface area contributed by atoms with E-state index < -0.39 is 0 Å². The maximum absolute atomic E-state index is 5.79. The number of hydrogen-bond acceptors (Lipinski definition) is 4. The summed E-state index contributed by atoms with van der Waals surface area (Å²) >= 11 is 6.72. The molecule has 1 N–H and O–H groups in total. The smallest absolute Gasteiger partial charge is 0.159 e. The standard InChI is InChI=1S/C14H20N2OS2/c1-3-16(4-2)8-5-9-17-11-6-7-12-13(10-11)19-14(18)15-12/h6-7,10H,3-5,8-9H2,1-2H3,(H,15,18). The monoisotopic (exact) mass is 296 g/mol. The summed E-state index contributed by atoms with van der Waals surface area (Å²) in [5.74, 6) is 0.928. The molecule has 5 heteroatoms. The lowest BCUT2D eigenvalue weighted by atomic mass is 10.3. The Morgan fingerprint density at radius 2 is 2.11 bits per heavy atom. The van der Waals surface area contributed by atoms with Gasteiger partial charge in [0.2, 0.25) is 0 Å². The highest BCUT2D eigenvalue weighted by molar-refractivity contribution is 7.73. The molecule has 104 valence electrons. The highest BCUT2D eigenvalue weighted by atomic mass is 32.1. The minimum Gasteiger partial charge on any atom is -0.493 e. The van der Waals surface area contributed by atoms with Gasteiger partial charge < -0.3 is 14.6 Å². The first kappa shape index (κ1) is 14.5. The van der Waals surface area contributed by atoms with Crippen LogP contribution in [-0.4, -0.2) is 36.1 Å². The van der Waals surface area contributed by atoms with Crippen LogP contribution in [0.15, 0.2) is 18.2 Å². The Kier molecular flexibility index (Phi) is 5.36. The van der Waals surface area contributed by atoms with Crippen LogP contribution in [0.25, 0.3) is 10.2 Å². The summed E-state index contributed by atoms with van der Waals surface area (Å²) in [6.45, 7) is 8.45. The molecule has 2 aromatic rings. The van der Waals surface area contributed by atoms with E-state index in [1.54, 1.807) is 11.3 Å². The van der Waals surface area contributed by atoms with E-state index in [9.17, 15) is 0 Å². The number of fused-ring (bicyclic) bond motifs is 1. The summed E-state index contributed by atoms with van der Waals surface area (Å²) in [6.07, 6.45) is 1.06. The Balaban J connectivity index is 1.86. The molecule has 0 aliphatic heterocycles. The Morgan fingerprint density at radius 1 is 1.32 bits per heavy atom. The van der Waals surface area contributed by atoms with Gasteiger partial charge in [0.05, 0.1) is 16.8 Å². The van der Waals surface area contributed by atoms with E-state index in [0.717, 1.165) is 52.6 Å². The summed E-state index contributed by atoms with van der Waals surface area (Å²) in [7, 11) is 0. The van der Waals surface area contributed by atoms with E-state index >= 15 is 0 Å². The third-order valence-electron chi connectivity index (χ3n) is 3.17. The van der Waals surface area contributed by atoms with Crippen LogP contribution in [0.5, 0.6) is 5.75 Å². The SMILES string of the molecule is CCN(CC)CCCOc1ccc2[nH]c(=S)sc2c1. The van der Waals surface area contributed by atoms with Gasteiger partial charge in [-0.3, -0.25) is 0 Å². The molecule has 0 aliphatic carbocycles. The fourth-order valence-electron chi connectivity index (χ4n) is 2.03. The molecule has 2 rings (SSSR count). The van der Waals surface area contributed by atoms with Crippen molar-refractivity contribution in [2.24, 2.45) is 0 Å². The van der Waals surface area contributed by atoms with Crippen molar-refractivity contribution in [3.63, 3.8) is 0 Å². The Labute approximate surface area is 123 Å². The molecule has 0 atom stereocenters. The average Bonchev–Trinajstić information content (AvgIpc) is 2.78. The third kappa shape index (κ3) is 4.03. The second-order valence-electron chi connectivity index (χ2n) is 4.40. The predicted molar refractivity (Wildman–Crippen MR) is 84.9 cm³/mol. The maximum atomic E-state index is 5.79. The van der Waals surface area contributed by atoms with Crippen LogP contribution < -0.4 is 4.74 Å². The first-order valence-corrected chi connectivity index (χ1v) is 7.93. The Bertz CT molecular complexity index is 572. The molecule has 1 aromatic carbocycles. The average molecular weight is 296 g/mol. The second kappa shape index (κ2) is 7.03. The van der Waals surface area contributed by atoms with Crippen molar-refractivity contribution >= 4 is 33.8 Å². The van der Waals surface area contributed by atoms with E-state index in [-0.39, 0.29) is 0 Å². The Hall–Kier alpha value is -0.910. The number of rotatable bonds is 7. The van der Waals surface area contributed by atoms with Crippen LogP contribution in [0.2, 0.25) is 0 Å². The lowest BCUT2D eigenvalue weighted by molar-refractivity contribution is 0.249. The number of benzene rings is 1. The van der Waals surface area contributed by atoms with E-state index in [2.05, 4.69) is 29.8 Å². The third-order valence-corrected chi connectivity index (χ3v) is 4.37. The van der Waals surface area contributed by atoms with E-state index in [4.69, 9.17) is 17.0 Å². The second-order valence-corrected chi connectivity index (χ2v) is 6.12. The molecule has 3 nitrogen and oxygen atoms in total. The lowest BCUT2D eigenvalue weighted by Gasteiger charge is -2.17. The largest absolute Gasteiger partial charge is 0.493 e. The molecule has 0 amide bonds. The van der Waals surface area contributed by atoms with Gasteiger partial charge in [0.15, 0.2) is 3.95 Å². The van der Waals surface area contributed by atoms with Crippen LogP contribution >= 0.6 is 23.6 Å². The van der Waals surface area contributed by atoms with Gasteiger partial charge in [0.1, 0.15) is 5.75 Å². The predicted octanol–water partition coefficient (Wildman–Crippen LogP) is 4.07. The van der Waals surface area contributed by atoms with Crippen molar-refractivity contribution in [3.8, 4) is 5.75 Å². The molecular weight excluding hydrogens is 276 g/mol. The molecule has 0 spiro atoms. The van der Waals surface area contributed by atoms with Gasteiger partial charge in [-0.25, -0.2) is 0 Å². The van der Waals surface area contributed by atoms with Gasteiger partial charge in [-0.1, -0.05) is 13.8 Å². The number of hydrogen-bond donors (Lipinski definition) is 1. The minimum atomic E-state index is 0.762. The normalized spacial score (nSPS) is 11.3. The zero-order valence-corrected chi connectivity index (χ0v) is 13.1. The van der Waals surface area contributed by atoms with Gasteiger partial charge >= 0.3 is 0 Å². The van der Waals surface area contributed by atoms with Crippen LogP contribution in [0, 0.1) is 3.95 Å². The van der Waals surface area contributed by atoms with Gasteiger partial charge in [0.25, 0.3) is 0 Å². The fourth-order valence-corrected chi connectivity index (χ4v) is 3.18. The molecule has 0 fully saturated rings. The first-order valence-electron chi connectivity index (χ1n) is 6.71. The number of thiazole rings is 1.